The predicted molar refractivity (Wildman–Crippen MR) is 83.3 cm³/mol. The van der Waals surface area contributed by atoms with Crippen LogP contribution in [-0.2, 0) is 7.05 Å². The van der Waals surface area contributed by atoms with Gasteiger partial charge in [0, 0.05) is 19.3 Å². The smallest absolute Gasteiger partial charge is 0.271 e. The van der Waals surface area contributed by atoms with Crippen LogP contribution in [-0.4, -0.2) is 10.5 Å². The van der Waals surface area contributed by atoms with Crippen LogP contribution in [0.15, 0.2) is 41.3 Å². The lowest BCUT2D eigenvalue weighted by molar-refractivity contribution is 0.0962. The van der Waals surface area contributed by atoms with Crippen LogP contribution in [0.25, 0.3) is 0 Å². The van der Waals surface area contributed by atoms with Crippen LogP contribution in [0.3, 0.4) is 0 Å². The molecule has 104 valence electrons. The lowest BCUT2D eigenvalue weighted by Crippen LogP contribution is -2.30. The zero-order chi connectivity index (χ0) is 14.7. The van der Waals surface area contributed by atoms with Crippen molar-refractivity contribution in [2.24, 2.45) is 7.05 Å². The molecule has 20 heavy (non-hydrogen) atoms. The molecule has 0 spiro atoms. The maximum absolute atomic E-state index is 12.0. The number of carbonyl (C=O) groups excluding carboxylic acids is 1. The van der Waals surface area contributed by atoms with Gasteiger partial charge in [0.05, 0.1) is 11.3 Å². The molecule has 0 aliphatic heterocycles. The average molecular weight is 289 g/mol. The van der Waals surface area contributed by atoms with E-state index in [1.807, 2.05) is 25.1 Å². The summed E-state index contributed by atoms with van der Waals surface area (Å²) in [6.45, 7) is 1.98. The highest BCUT2D eigenvalue weighted by atomic mass is 31.0. The molecule has 2 rings (SSSR count). The van der Waals surface area contributed by atoms with Crippen molar-refractivity contribution in [3.05, 3.63) is 58.0 Å². The SMILES string of the molecule is Cc1cc(P)cc(NNC(=O)c2ccc(=O)n(C)c2)c1. The van der Waals surface area contributed by atoms with Crippen molar-refractivity contribution in [2.75, 3.05) is 5.43 Å². The highest BCUT2D eigenvalue weighted by Crippen LogP contribution is 2.09. The van der Waals surface area contributed by atoms with E-state index in [1.165, 1.54) is 22.9 Å². The Labute approximate surface area is 119 Å². The first-order chi connectivity index (χ1) is 9.45. The zero-order valence-electron chi connectivity index (χ0n) is 11.3. The fourth-order valence-corrected chi connectivity index (χ4v) is 2.26. The molecule has 1 heterocycles. The first-order valence-electron chi connectivity index (χ1n) is 6.06. The Morgan fingerprint density at radius 2 is 2.00 bits per heavy atom. The number of aryl methyl sites for hydroxylation is 2. The summed E-state index contributed by atoms with van der Waals surface area (Å²) in [6, 6.07) is 8.71. The van der Waals surface area contributed by atoms with E-state index in [0.717, 1.165) is 16.6 Å². The number of nitrogens with zero attached hydrogens (tertiary/aromatic N) is 1. The van der Waals surface area contributed by atoms with Gasteiger partial charge in [0.2, 0.25) is 5.56 Å². The van der Waals surface area contributed by atoms with Crippen LogP contribution in [0.4, 0.5) is 5.69 Å². The van der Waals surface area contributed by atoms with Gasteiger partial charge >= 0.3 is 0 Å². The van der Waals surface area contributed by atoms with Gasteiger partial charge in [-0.25, -0.2) is 0 Å². The summed E-state index contributed by atoms with van der Waals surface area (Å²) in [4.78, 5) is 23.2. The standard InChI is InChI=1S/C14H16N3O2P/c1-9-5-11(7-12(20)6-9)15-16-14(19)10-3-4-13(18)17(2)8-10/h3-8,15H,20H2,1-2H3,(H,16,19). The molecular formula is C14H16N3O2P. The maximum Gasteiger partial charge on any atom is 0.271 e. The minimum atomic E-state index is -0.299. The molecule has 0 bridgehead atoms. The number of hydrazine groups is 1. The van der Waals surface area contributed by atoms with E-state index >= 15 is 0 Å². The van der Waals surface area contributed by atoms with Gasteiger partial charge < -0.3 is 4.57 Å². The molecular weight excluding hydrogens is 273 g/mol. The third kappa shape index (κ3) is 3.45. The van der Waals surface area contributed by atoms with E-state index in [-0.39, 0.29) is 11.5 Å². The highest BCUT2D eigenvalue weighted by Gasteiger charge is 2.06. The predicted octanol–water partition coefficient (Wildman–Crippen LogP) is 0.951. The number of pyridine rings is 1. The number of anilines is 1. The molecule has 0 fully saturated rings. The number of nitrogens with one attached hydrogen (secondary N) is 2. The molecule has 5 nitrogen and oxygen atoms in total. The van der Waals surface area contributed by atoms with Crippen LogP contribution < -0.4 is 21.7 Å². The van der Waals surface area contributed by atoms with E-state index in [0.29, 0.717) is 5.56 Å². The van der Waals surface area contributed by atoms with E-state index in [2.05, 4.69) is 20.1 Å². The normalized spacial score (nSPS) is 10.2. The van der Waals surface area contributed by atoms with Crippen molar-refractivity contribution < 1.29 is 4.79 Å². The third-order valence-corrected chi connectivity index (χ3v) is 3.10. The summed E-state index contributed by atoms with van der Waals surface area (Å²) in [5.74, 6) is -0.299. The topological polar surface area (TPSA) is 63.1 Å². The van der Waals surface area contributed by atoms with E-state index in [4.69, 9.17) is 0 Å². The Kier molecular flexibility index (Phi) is 4.20. The Morgan fingerprint density at radius 1 is 1.25 bits per heavy atom. The van der Waals surface area contributed by atoms with E-state index < -0.39 is 0 Å². The molecule has 2 aromatic rings. The van der Waals surface area contributed by atoms with Gasteiger partial charge in [-0.2, -0.15) is 0 Å². The molecule has 2 N–H and O–H groups in total. The molecule has 1 amide bonds. The number of aromatic nitrogens is 1. The number of carbonyl (C=O) groups is 1. The van der Waals surface area contributed by atoms with Gasteiger partial charge in [0.15, 0.2) is 0 Å². The van der Waals surface area contributed by atoms with Crippen LogP contribution >= 0.6 is 9.24 Å². The molecule has 0 aliphatic carbocycles. The number of hydrogen-bond donors (Lipinski definition) is 2. The van der Waals surface area contributed by atoms with E-state index in [1.54, 1.807) is 7.05 Å². The van der Waals surface area contributed by atoms with Gasteiger partial charge in [-0.1, -0.05) is 6.07 Å². The fourth-order valence-electron chi connectivity index (χ4n) is 1.81. The lowest BCUT2D eigenvalue weighted by atomic mass is 10.2. The van der Waals surface area contributed by atoms with Gasteiger partial charge in [0.1, 0.15) is 0 Å². The Balaban J connectivity index is 2.08. The fraction of sp³-hybridized carbons (Fsp3) is 0.143. The van der Waals surface area contributed by atoms with Crippen LogP contribution in [0.1, 0.15) is 15.9 Å². The second-order valence-electron chi connectivity index (χ2n) is 4.58. The quantitative estimate of drug-likeness (QED) is 0.653. The second kappa shape index (κ2) is 5.88. The van der Waals surface area contributed by atoms with Crippen molar-refractivity contribution in [2.45, 2.75) is 6.92 Å². The number of amides is 1. The summed E-state index contributed by atoms with van der Waals surface area (Å²) in [5, 5.41) is 1.03. The largest absolute Gasteiger partial charge is 0.318 e. The number of rotatable bonds is 3. The van der Waals surface area contributed by atoms with Gasteiger partial charge in [0.25, 0.3) is 5.91 Å². The molecule has 1 aromatic heterocycles. The first kappa shape index (κ1) is 14.3. The van der Waals surface area contributed by atoms with Crippen molar-refractivity contribution in [3.8, 4) is 0 Å². The summed E-state index contributed by atoms with van der Waals surface area (Å²) in [5.41, 5.74) is 7.62. The highest BCUT2D eigenvalue weighted by molar-refractivity contribution is 7.27. The van der Waals surface area contributed by atoms with Gasteiger partial charge in [-0.05, 0) is 36.0 Å². The van der Waals surface area contributed by atoms with E-state index in [9.17, 15) is 9.59 Å². The van der Waals surface area contributed by atoms with Crippen LogP contribution in [0, 0.1) is 6.92 Å². The monoisotopic (exact) mass is 289 g/mol. The Morgan fingerprint density at radius 3 is 2.65 bits per heavy atom. The summed E-state index contributed by atoms with van der Waals surface area (Å²) < 4.78 is 1.36. The van der Waals surface area contributed by atoms with Crippen LogP contribution in [0.2, 0.25) is 0 Å². The Hall–Kier alpha value is -2.13. The van der Waals surface area contributed by atoms with Crippen molar-refractivity contribution >= 4 is 26.1 Å². The summed E-state index contributed by atoms with van der Waals surface area (Å²) in [7, 11) is 4.22. The number of hydrogen-bond acceptors (Lipinski definition) is 3. The Bertz CT molecular complexity index is 690. The van der Waals surface area contributed by atoms with Gasteiger partial charge in [-0.15, -0.1) is 9.24 Å². The first-order valence-corrected chi connectivity index (χ1v) is 6.63. The molecule has 0 aliphatic rings. The molecule has 1 aromatic carbocycles. The molecule has 1 unspecified atom stereocenters. The molecule has 0 saturated carbocycles. The zero-order valence-corrected chi connectivity index (χ0v) is 12.5. The molecule has 0 radical (unpaired) electrons. The second-order valence-corrected chi connectivity index (χ2v) is 5.25. The van der Waals surface area contributed by atoms with Gasteiger partial charge in [-0.3, -0.25) is 20.4 Å². The third-order valence-electron chi connectivity index (χ3n) is 2.77. The number of benzene rings is 1. The van der Waals surface area contributed by atoms with Crippen LogP contribution in [0.5, 0.6) is 0 Å². The lowest BCUT2D eigenvalue weighted by Gasteiger charge is -2.10. The molecule has 1 atom stereocenters. The summed E-state index contributed by atoms with van der Waals surface area (Å²) >= 11 is 0. The minimum Gasteiger partial charge on any atom is -0.318 e. The van der Waals surface area contributed by atoms with Crippen molar-refractivity contribution in [3.63, 3.8) is 0 Å². The van der Waals surface area contributed by atoms with Crippen molar-refractivity contribution in [1.82, 2.24) is 9.99 Å². The van der Waals surface area contributed by atoms with Crippen molar-refractivity contribution in [1.29, 1.82) is 0 Å². The molecule has 6 heteroatoms. The molecule has 0 saturated heterocycles. The minimum absolute atomic E-state index is 0.152. The maximum atomic E-state index is 12.0. The average Bonchev–Trinajstić information content (AvgIpc) is 2.38. The summed E-state index contributed by atoms with van der Waals surface area (Å²) in [6.07, 6.45) is 1.50.